The number of carbonyl (C=O) groups is 1. The van der Waals surface area contributed by atoms with Crippen LogP contribution >= 0.6 is 11.6 Å². The van der Waals surface area contributed by atoms with Crippen molar-refractivity contribution in [3.63, 3.8) is 0 Å². The standard InChI is InChI=1S/C18H20ClNO2/c1-12(2)14-8-4-7-11-17(14)22-13(3)18(21)20-16-10-6-5-9-15(16)19/h4-13H,1-3H3,(H,20,21). The normalized spacial score (nSPS) is 12.0. The van der Waals surface area contributed by atoms with Gasteiger partial charge in [-0.25, -0.2) is 0 Å². The van der Waals surface area contributed by atoms with Gasteiger partial charge in [-0.1, -0.05) is 55.8 Å². The van der Waals surface area contributed by atoms with Crippen molar-refractivity contribution in [3.8, 4) is 5.75 Å². The van der Waals surface area contributed by atoms with Crippen LogP contribution in [0.5, 0.6) is 5.75 Å². The monoisotopic (exact) mass is 317 g/mol. The lowest BCUT2D eigenvalue weighted by molar-refractivity contribution is -0.122. The Labute approximate surface area is 136 Å². The van der Waals surface area contributed by atoms with Gasteiger partial charge in [-0.15, -0.1) is 0 Å². The highest BCUT2D eigenvalue weighted by Gasteiger charge is 2.18. The first-order valence-corrected chi connectivity index (χ1v) is 7.67. The number of ether oxygens (including phenoxy) is 1. The second-order valence-corrected chi connectivity index (χ2v) is 5.83. The number of para-hydroxylation sites is 2. The summed E-state index contributed by atoms with van der Waals surface area (Å²) in [5.74, 6) is 0.834. The third-order valence-electron chi connectivity index (χ3n) is 3.35. The van der Waals surface area contributed by atoms with Crippen LogP contribution in [0.25, 0.3) is 0 Å². The topological polar surface area (TPSA) is 38.3 Å². The smallest absolute Gasteiger partial charge is 0.265 e. The highest BCUT2D eigenvalue weighted by atomic mass is 35.5. The molecule has 0 spiro atoms. The maximum absolute atomic E-state index is 12.3. The Balaban J connectivity index is 2.08. The predicted molar refractivity (Wildman–Crippen MR) is 90.7 cm³/mol. The average Bonchev–Trinajstić information content (AvgIpc) is 2.49. The molecule has 1 amide bonds. The van der Waals surface area contributed by atoms with Crippen LogP contribution < -0.4 is 10.1 Å². The Hall–Kier alpha value is -2.00. The maximum Gasteiger partial charge on any atom is 0.265 e. The van der Waals surface area contributed by atoms with Gasteiger partial charge in [0.2, 0.25) is 0 Å². The summed E-state index contributed by atoms with van der Waals surface area (Å²) in [4.78, 5) is 12.3. The van der Waals surface area contributed by atoms with E-state index >= 15 is 0 Å². The summed E-state index contributed by atoms with van der Waals surface area (Å²) in [5, 5.41) is 3.29. The summed E-state index contributed by atoms with van der Waals surface area (Å²) in [6.45, 7) is 5.91. The number of rotatable bonds is 5. The molecule has 3 nitrogen and oxygen atoms in total. The van der Waals surface area contributed by atoms with Gasteiger partial charge >= 0.3 is 0 Å². The van der Waals surface area contributed by atoms with Gasteiger partial charge in [-0.2, -0.15) is 0 Å². The van der Waals surface area contributed by atoms with Crippen molar-refractivity contribution in [2.75, 3.05) is 5.32 Å². The lowest BCUT2D eigenvalue weighted by atomic mass is 10.0. The van der Waals surface area contributed by atoms with Crippen LogP contribution in [0.3, 0.4) is 0 Å². The van der Waals surface area contributed by atoms with E-state index < -0.39 is 6.10 Å². The molecule has 0 aliphatic rings. The molecule has 0 aliphatic carbocycles. The Morgan fingerprint density at radius 2 is 1.68 bits per heavy atom. The van der Waals surface area contributed by atoms with Gasteiger partial charge in [0.25, 0.3) is 5.91 Å². The molecule has 22 heavy (non-hydrogen) atoms. The Bertz CT molecular complexity index is 655. The zero-order valence-corrected chi connectivity index (χ0v) is 13.7. The fourth-order valence-corrected chi connectivity index (χ4v) is 2.29. The highest BCUT2D eigenvalue weighted by Crippen LogP contribution is 2.27. The SMILES string of the molecule is CC(Oc1ccccc1C(C)C)C(=O)Nc1ccccc1Cl. The van der Waals surface area contributed by atoms with E-state index in [0.29, 0.717) is 16.6 Å². The first-order valence-electron chi connectivity index (χ1n) is 7.30. The minimum Gasteiger partial charge on any atom is -0.481 e. The molecule has 1 atom stereocenters. The molecule has 0 radical (unpaired) electrons. The number of benzene rings is 2. The van der Waals surface area contributed by atoms with E-state index in [4.69, 9.17) is 16.3 Å². The van der Waals surface area contributed by atoms with Crippen LogP contribution in [0, 0.1) is 0 Å². The molecule has 0 bridgehead atoms. The molecular formula is C18H20ClNO2. The molecule has 4 heteroatoms. The van der Waals surface area contributed by atoms with Crippen molar-refractivity contribution in [2.24, 2.45) is 0 Å². The predicted octanol–water partition coefficient (Wildman–Crippen LogP) is 4.87. The zero-order valence-electron chi connectivity index (χ0n) is 13.0. The number of amides is 1. The molecule has 2 aromatic carbocycles. The molecule has 2 rings (SSSR count). The second-order valence-electron chi connectivity index (χ2n) is 5.42. The van der Waals surface area contributed by atoms with Crippen LogP contribution in [-0.4, -0.2) is 12.0 Å². The fraction of sp³-hybridized carbons (Fsp3) is 0.278. The van der Waals surface area contributed by atoms with Gasteiger partial charge in [-0.3, -0.25) is 4.79 Å². The molecular weight excluding hydrogens is 298 g/mol. The lowest BCUT2D eigenvalue weighted by Crippen LogP contribution is -2.30. The summed E-state index contributed by atoms with van der Waals surface area (Å²) in [5.41, 5.74) is 1.67. The Morgan fingerprint density at radius 3 is 2.36 bits per heavy atom. The van der Waals surface area contributed by atoms with Crippen LogP contribution in [-0.2, 0) is 4.79 Å². The summed E-state index contributed by atoms with van der Waals surface area (Å²) in [7, 11) is 0. The van der Waals surface area contributed by atoms with Gasteiger partial charge in [0.1, 0.15) is 5.75 Å². The van der Waals surface area contributed by atoms with Crippen molar-refractivity contribution < 1.29 is 9.53 Å². The van der Waals surface area contributed by atoms with E-state index in [1.807, 2.05) is 36.4 Å². The van der Waals surface area contributed by atoms with Crippen molar-refractivity contribution in [1.82, 2.24) is 0 Å². The summed E-state index contributed by atoms with van der Waals surface area (Å²) < 4.78 is 5.83. The van der Waals surface area contributed by atoms with Crippen molar-refractivity contribution in [3.05, 3.63) is 59.1 Å². The van der Waals surface area contributed by atoms with E-state index in [-0.39, 0.29) is 5.91 Å². The van der Waals surface area contributed by atoms with Gasteiger partial charge in [0, 0.05) is 0 Å². The molecule has 0 saturated heterocycles. The third-order valence-corrected chi connectivity index (χ3v) is 3.68. The lowest BCUT2D eigenvalue weighted by Gasteiger charge is -2.19. The molecule has 0 aromatic heterocycles. The number of hydrogen-bond acceptors (Lipinski definition) is 2. The van der Waals surface area contributed by atoms with E-state index in [2.05, 4.69) is 19.2 Å². The number of halogens is 1. The molecule has 116 valence electrons. The van der Waals surface area contributed by atoms with Gasteiger partial charge in [0.05, 0.1) is 10.7 Å². The average molecular weight is 318 g/mol. The molecule has 0 saturated carbocycles. The van der Waals surface area contributed by atoms with Crippen LogP contribution in [0.1, 0.15) is 32.3 Å². The van der Waals surface area contributed by atoms with Crippen molar-refractivity contribution >= 4 is 23.2 Å². The van der Waals surface area contributed by atoms with Gasteiger partial charge < -0.3 is 10.1 Å². The largest absolute Gasteiger partial charge is 0.481 e. The van der Waals surface area contributed by atoms with Crippen LogP contribution in [0.4, 0.5) is 5.69 Å². The fourth-order valence-electron chi connectivity index (χ4n) is 2.11. The van der Waals surface area contributed by atoms with E-state index in [9.17, 15) is 4.79 Å². The minimum absolute atomic E-state index is 0.230. The molecule has 1 unspecified atom stereocenters. The van der Waals surface area contributed by atoms with Crippen molar-refractivity contribution in [2.45, 2.75) is 32.8 Å². The number of hydrogen-bond donors (Lipinski definition) is 1. The highest BCUT2D eigenvalue weighted by molar-refractivity contribution is 6.33. The quantitative estimate of drug-likeness (QED) is 0.854. The molecule has 0 heterocycles. The molecule has 0 aliphatic heterocycles. The molecule has 2 aromatic rings. The van der Waals surface area contributed by atoms with E-state index in [1.165, 1.54) is 0 Å². The van der Waals surface area contributed by atoms with E-state index in [0.717, 1.165) is 11.3 Å². The first-order chi connectivity index (χ1) is 10.5. The summed E-state index contributed by atoms with van der Waals surface area (Å²) in [6.07, 6.45) is -0.615. The summed E-state index contributed by atoms with van der Waals surface area (Å²) in [6, 6.07) is 14.9. The minimum atomic E-state index is -0.615. The Morgan fingerprint density at radius 1 is 1.05 bits per heavy atom. The third kappa shape index (κ3) is 4.01. The van der Waals surface area contributed by atoms with Crippen molar-refractivity contribution in [1.29, 1.82) is 0 Å². The molecule has 1 N–H and O–H groups in total. The van der Waals surface area contributed by atoms with Crippen LogP contribution in [0.2, 0.25) is 5.02 Å². The Kier molecular flexibility index (Phi) is 5.45. The van der Waals surface area contributed by atoms with Gasteiger partial charge in [0.15, 0.2) is 6.10 Å². The van der Waals surface area contributed by atoms with Gasteiger partial charge in [-0.05, 0) is 36.6 Å². The molecule has 0 fully saturated rings. The summed E-state index contributed by atoms with van der Waals surface area (Å²) >= 11 is 6.04. The number of carbonyl (C=O) groups excluding carboxylic acids is 1. The van der Waals surface area contributed by atoms with E-state index in [1.54, 1.807) is 19.1 Å². The first kappa shape index (κ1) is 16.4. The second kappa shape index (κ2) is 7.32. The zero-order chi connectivity index (χ0) is 16.1. The number of anilines is 1. The maximum atomic E-state index is 12.3. The van der Waals surface area contributed by atoms with Crippen LogP contribution in [0.15, 0.2) is 48.5 Å². The number of nitrogens with one attached hydrogen (secondary N) is 1.